The van der Waals surface area contributed by atoms with Gasteiger partial charge in [0.2, 0.25) is 0 Å². The van der Waals surface area contributed by atoms with Crippen LogP contribution in [0, 0.1) is 0 Å². The minimum absolute atomic E-state index is 0. The van der Waals surface area contributed by atoms with Gasteiger partial charge in [-0.05, 0) is 12.8 Å². The van der Waals surface area contributed by atoms with Crippen molar-refractivity contribution < 1.29 is 17.1 Å². The minimum Gasteiger partial charge on any atom is -0.295 e. The molecular formula is C12H24MnN4. The van der Waals surface area contributed by atoms with Crippen LogP contribution in [0.3, 0.4) is 0 Å². The summed E-state index contributed by atoms with van der Waals surface area (Å²) in [4.78, 5) is 15.5. The van der Waals surface area contributed by atoms with Gasteiger partial charge < -0.3 is 0 Å². The summed E-state index contributed by atoms with van der Waals surface area (Å²) in [6.07, 6.45) is 9.05. The van der Waals surface area contributed by atoms with E-state index in [1.165, 1.54) is 0 Å². The van der Waals surface area contributed by atoms with E-state index in [4.69, 9.17) is 0 Å². The van der Waals surface area contributed by atoms with Gasteiger partial charge in [-0.1, -0.05) is 13.8 Å². The zero-order chi connectivity index (χ0) is 12.5. The first-order valence-corrected chi connectivity index (χ1v) is 5.64. The second kappa shape index (κ2) is 24.4. The molecule has 99 valence electrons. The molecule has 0 bridgehead atoms. The van der Waals surface area contributed by atoms with Crippen LogP contribution in [0.5, 0.6) is 0 Å². The van der Waals surface area contributed by atoms with Gasteiger partial charge in [-0.15, -0.1) is 0 Å². The molecule has 5 heteroatoms. The topological polar surface area (TPSA) is 49.4 Å². The summed E-state index contributed by atoms with van der Waals surface area (Å²) in [6, 6.07) is 0. The molecule has 0 fully saturated rings. The Labute approximate surface area is 116 Å². The van der Waals surface area contributed by atoms with E-state index in [0.29, 0.717) is 0 Å². The third kappa shape index (κ3) is 31.3. The summed E-state index contributed by atoms with van der Waals surface area (Å²) >= 11 is 0. The molecule has 0 atom stereocenters. The van der Waals surface area contributed by atoms with E-state index >= 15 is 0 Å². The zero-order valence-electron chi connectivity index (χ0n) is 11.3. The van der Waals surface area contributed by atoms with Crippen molar-refractivity contribution in [3.63, 3.8) is 0 Å². The molecule has 0 aliphatic heterocycles. The van der Waals surface area contributed by atoms with Gasteiger partial charge in [-0.3, -0.25) is 20.0 Å². The predicted molar refractivity (Wildman–Crippen MR) is 76.1 cm³/mol. The van der Waals surface area contributed by atoms with Crippen molar-refractivity contribution in [3.8, 4) is 0 Å². The Morgan fingerprint density at radius 3 is 1.29 bits per heavy atom. The van der Waals surface area contributed by atoms with Crippen molar-refractivity contribution in [2.45, 2.75) is 26.7 Å². The second-order valence-corrected chi connectivity index (χ2v) is 2.93. The van der Waals surface area contributed by atoms with E-state index < -0.39 is 0 Å². The number of hydrogen-bond donors (Lipinski definition) is 0. The molecule has 0 saturated carbocycles. The second-order valence-electron chi connectivity index (χ2n) is 2.93. The van der Waals surface area contributed by atoms with Gasteiger partial charge in [0.15, 0.2) is 0 Å². The minimum atomic E-state index is 0. The molecule has 0 aromatic heterocycles. The largest absolute Gasteiger partial charge is 0.295 e. The fourth-order valence-electron chi connectivity index (χ4n) is 0.635. The summed E-state index contributed by atoms with van der Waals surface area (Å²) in [5.41, 5.74) is 0. The van der Waals surface area contributed by atoms with E-state index in [0.717, 1.165) is 25.9 Å². The predicted octanol–water partition coefficient (Wildman–Crippen LogP) is 2.33. The first kappa shape index (κ1) is 21.5. The molecular weight excluding hydrogens is 255 g/mol. The van der Waals surface area contributed by atoms with Gasteiger partial charge in [-0.2, -0.15) is 0 Å². The number of hydrogen-bond acceptors (Lipinski definition) is 4. The Morgan fingerprint density at radius 1 is 0.706 bits per heavy atom. The monoisotopic (exact) mass is 279 g/mol. The van der Waals surface area contributed by atoms with Crippen LogP contribution >= 0.6 is 0 Å². The third-order valence-electron chi connectivity index (χ3n) is 1.35. The number of aliphatic imine (C=N–C) groups is 4. The SMILES string of the molecule is CCCN=CC=NCCC.CN=CC=NC.[Mn]. The molecule has 0 rings (SSSR count). The van der Waals surface area contributed by atoms with Gasteiger partial charge in [0.25, 0.3) is 0 Å². The van der Waals surface area contributed by atoms with Gasteiger partial charge in [-0.25, -0.2) is 0 Å². The fraction of sp³-hybridized carbons (Fsp3) is 0.667. The number of rotatable bonds is 6. The van der Waals surface area contributed by atoms with Gasteiger partial charge in [0, 0.05) is 69.1 Å². The standard InChI is InChI=1S/C8H16N2.C4H8N2.Mn/c1-3-5-9-7-8-10-6-4-2;1-5-3-4-6-2;/h7-8H,3-6H2,1-2H3;3-4H,1-2H3;. The fourth-order valence-corrected chi connectivity index (χ4v) is 0.635. The molecule has 17 heavy (non-hydrogen) atoms. The van der Waals surface area contributed by atoms with Crippen LogP contribution in [0.2, 0.25) is 0 Å². The van der Waals surface area contributed by atoms with Crippen molar-refractivity contribution in [3.05, 3.63) is 0 Å². The zero-order valence-corrected chi connectivity index (χ0v) is 12.5. The molecule has 4 nitrogen and oxygen atoms in total. The van der Waals surface area contributed by atoms with Crippen molar-refractivity contribution in [1.82, 2.24) is 0 Å². The van der Waals surface area contributed by atoms with E-state index in [-0.39, 0.29) is 17.1 Å². The molecule has 0 heterocycles. The molecule has 0 amide bonds. The van der Waals surface area contributed by atoms with Crippen LogP contribution in [0.15, 0.2) is 20.0 Å². The Morgan fingerprint density at radius 2 is 1.06 bits per heavy atom. The number of nitrogens with zero attached hydrogens (tertiary/aromatic N) is 4. The molecule has 0 spiro atoms. The smallest absolute Gasteiger partial charge is 0.0390 e. The normalized spacial score (nSPS) is 11.1. The molecule has 0 N–H and O–H groups in total. The van der Waals surface area contributed by atoms with Gasteiger partial charge in [0.05, 0.1) is 0 Å². The van der Waals surface area contributed by atoms with Crippen molar-refractivity contribution in [2.75, 3.05) is 27.2 Å². The maximum Gasteiger partial charge on any atom is 0.0390 e. The molecule has 0 unspecified atom stereocenters. The summed E-state index contributed by atoms with van der Waals surface area (Å²) < 4.78 is 0. The Kier molecular flexibility index (Phi) is 30.9. The quantitative estimate of drug-likeness (QED) is 0.529. The molecule has 1 radical (unpaired) electrons. The molecule has 0 aliphatic rings. The van der Waals surface area contributed by atoms with Gasteiger partial charge in [0.1, 0.15) is 0 Å². The third-order valence-corrected chi connectivity index (χ3v) is 1.35. The Balaban J connectivity index is -0.000000244. The van der Waals surface area contributed by atoms with Crippen LogP contribution < -0.4 is 0 Å². The maximum atomic E-state index is 4.09. The van der Waals surface area contributed by atoms with Crippen molar-refractivity contribution in [2.24, 2.45) is 20.0 Å². The van der Waals surface area contributed by atoms with Crippen LogP contribution in [-0.2, 0) is 17.1 Å². The first-order chi connectivity index (χ1) is 7.83. The Bertz CT molecular complexity index is 199. The van der Waals surface area contributed by atoms with Crippen LogP contribution in [0.25, 0.3) is 0 Å². The van der Waals surface area contributed by atoms with Crippen molar-refractivity contribution >= 4 is 24.9 Å². The maximum absolute atomic E-state index is 4.09. The summed E-state index contributed by atoms with van der Waals surface area (Å²) in [5, 5.41) is 0. The summed E-state index contributed by atoms with van der Waals surface area (Å²) in [7, 11) is 3.42. The molecule has 0 aliphatic carbocycles. The Hall–Kier alpha value is -0.801. The summed E-state index contributed by atoms with van der Waals surface area (Å²) in [5.74, 6) is 0. The average molecular weight is 279 g/mol. The van der Waals surface area contributed by atoms with E-state index in [9.17, 15) is 0 Å². The molecule has 0 aromatic rings. The van der Waals surface area contributed by atoms with E-state index in [1.54, 1.807) is 39.0 Å². The van der Waals surface area contributed by atoms with Crippen LogP contribution in [-0.4, -0.2) is 52.0 Å². The van der Waals surface area contributed by atoms with E-state index in [1.807, 2.05) is 0 Å². The summed E-state index contributed by atoms with van der Waals surface area (Å²) in [6.45, 7) is 6.05. The first-order valence-electron chi connectivity index (χ1n) is 5.64. The molecule has 0 saturated heterocycles. The average Bonchev–Trinajstić information content (AvgIpc) is 2.32. The van der Waals surface area contributed by atoms with Crippen molar-refractivity contribution in [1.29, 1.82) is 0 Å². The molecule has 0 aromatic carbocycles. The van der Waals surface area contributed by atoms with E-state index in [2.05, 4.69) is 33.8 Å². The van der Waals surface area contributed by atoms with Crippen LogP contribution in [0.1, 0.15) is 26.7 Å². The van der Waals surface area contributed by atoms with Gasteiger partial charge >= 0.3 is 0 Å². The van der Waals surface area contributed by atoms with Crippen LogP contribution in [0.4, 0.5) is 0 Å².